The monoisotopic (exact) mass is 200 g/mol. The van der Waals surface area contributed by atoms with Crippen molar-refractivity contribution in [3.05, 3.63) is 0 Å². The van der Waals surface area contributed by atoms with Crippen molar-refractivity contribution in [1.82, 2.24) is 4.90 Å². The van der Waals surface area contributed by atoms with Gasteiger partial charge in [0.2, 0.25) is 0 Å². The van der Waals surface area contributed by atoms with Crippen LogP contribution >= 0.6 is 0 Å². The quantitative estimate of drug-likeness (QED) is 0.739. The number of nitrogens with zero attached hydrogens (tertiary/aromatic N) is 1. The molecule has 0 saturated carbocycles. The van der Waals surface area contributed by atoms with Gasteiger partial charge in [0.25, 0.3) is 0 Å². The van der Waals surface area contributed by atoms with Crippen molar-refractivity contribution in [1.29, 1.82) is 0 Å². The van der Waals surface area contributed by atoms with Gasteiger partial charge in [0, 0.05) is 12.1 Å². The number of hydrogen-bond acceptors (Lipinski definition) is 2. The fraction of sp³-hybridized carbons (Fsp3) is 1.00. The lowest BCUT2D eigenvalue weighted by Crippen LogP contribution is -2.49. The van der Waals surface area contributed by atoms with Gasteiger partial charge in [-0.1, -0.05) is 27.7 Å². The molecule has 0 heterocycles. The second-order valence-electron chi connectivity index (χ2n) is 5.79. The van der Waals surface area contributed by atoms with Gasteiger partial charge in [-0.2, -0.15) is 0 Å². The highest BCUT2D eigenvalue weighted by Crippen LogP contribution is 2.22. The van der Waals surface area contributed by atoms with Crippen LogP contribution in [-0.4, -0.2) is 30.6 Å². The number of likely N-dealkylation sites (N-methyl/N-ethyl adjacent to an activating group) is 1. The van der Waals surface area contributed by atoms with Gasteiger partial charge in [-0.15, -0.1) is 0 Å². The van der Waals surface area contributed by atoms with Crippen molar-refractivity contribution < 1.29 is 0 Å². The van der Waals surface area contributed by atoms with Gasteiger partial charge in [-0.3, -0.25) is 4.90 Å². The first-order valence-corrected chi connectivity index (χ1v) is 5.66. The van der Waals surface area contributed by atoms with Gasteiger partial charge in [-0.05, 0) is 38.8 Å². The normalized spacial score (nSPS) is 17.1. The van der Waals surface area contributed by atoms with Crippen LogP contribution < -0.4 is 5.73 Å². The Morgan fingerprint density at radius 2 is 1.64 bits per heavy atom. The van der Waals surface area contributed by atoms with Crippen molar-refractivity contribution in [2.24, 2.45) is 11.1 Å². The van der Waals surface area contributed by atoms with E-state index in [1.54, 1.807) is 0 Å². The molecule has 0 aromatic carbocycles. The summed E-state index contributed by atoms with van der Waals surface area (Å²) in [5.74, 6) is 0. The Balaban J connectivity index is 4.12. The van der Waals surface area contributed by atoms with Gasteiger partial charge < -0.3 is 5.73 Å². The predicted molar refractivity (Wildman–Crippen MR) is 64.5 cm³/mol. The number of nitrogens with two attached hydrogens (primary N) is 1. The Morgan fingerprint density at radius 3 is 1.93 bits per heavy atom. The highest BCUT2D eigenvalue weighted by molar-refractivity contribution is 4.84. The molecule has 14 heavy (non-hydrogen) atoms. The van der Waals surface area contributed by atoms with Crippen molar-refractivity contribution >= 4 is 0 Å². The lowest BCUT2D eigenvalue weighted by atomic mass is 9.90. The van der Waals surface area contributed by atoms with Crippen molar-refractivity contribution in [3.63, 3.8) is 0 Å². The molecule has 0 saturated heterocycles. The van der Waals surface area contributed by atoms with Crippen LogP contribution in [0.3, 0.4) is 0 Å². The average molecular weight is 200 g/mol. The first kappa shape index (κ1) is 13.9. The Kier molecular flexibility index (Phi) is 5.10. The Morgan fingerprint density at radius 1 is 1.14 bits per heavy atom. The molecule has 2 N–H and O–H groups in total. The molecular formula is C12H28N2. The summed E-state index contributed by atoms with van der Waals surface area (Å²) in [5, 5.41) is 0. The van der Waals surface area contributed by atoms with E-state index in [4.69, 9.17) is 5.73 Å². The van der Waals surface area contributed by atoms with E-state index in [9.17, 15) is 0 Å². The molecule has 0 aliphatic rings. The van der Waals surface area contributed by atoms with E-state index >= 15 is 0 Å². The number of hydrogen-bond donors (Lipinski definition) is 1. The highest BCUT2D eigenvalue weighted by atomic mass is 15.2. The average Bonchev–Trinajstić information content (AvgIpc) is 2.11. The summed E-state index contributed by atoms with van der Waals surface area (Å²) in [5.41, 5.74) is 6.40. The lowest BCUT2D eigenvalue weighted by Gasteiger charge is -2.38. The van der Waals surface area contributed by atoms with Crippen molar-refractivity contribution in [3.8, 4) is 0 Å². The van der Waals surface area contributed by atoms with Crippen LogP contribution in [0.5, 0.6) is 0 Å². The fourth-order valence-corrected chi connectivity index (χ4v) is 1.34. The third kappa shape index (κ3) is 4.43. The van der Waals surface area contributed by atoms with Crippen LogP contribution in [-0.2, 0) is 0 Å². The minimum atomic E-state index is 0.172. The SMILES string of the molecule is CCC(C)(CN)N(C)CCC(C)(C)C. The fourth-order valence-electron chi connectivity index (χ4n) is 1.34. The van der Waals surface area contributed by atoms with Gasteiger partial charge in [-0.25, -0.2) is 0 Å². The highest BCUT2D eigenvalue weighted by Gasteiger charge is 2.26. The van der Waals surface area contributed by atoms with Gasteiger partial charge >= 0.3 is 0 Å². The van der Waals surface area contributed by atoms with Crippen LogP contribution in [0, 0.1) is 5.41 Å². The van der Waals surface area contributed by atoms with E-state index < -0.39 is 0 Å². The third-order valence-corrected chi connectivity index (χ3v) is 3.32. The maximum absolute atomic E-state index is 5.82. The maximum Gasteiger partial charge on any atom is 0.0297 e. The summed E-state index contributed by atoms with van der Waals surface area (Å²) in [6.45, 7) is 13.2. The van der Waals surface area contributed by atoms with Gasteiger partial charge in [0.15, 0.2) is 0 Å². The molecular weight excluding hydrogens is 172 g/mol. The zero-order valence-corrected chi connectivity index (χ0v) is 10.9. The molecule has 1 unspecified atom stereocenters. The summed E-state index contributed by atoms with van der Waals surface area (Å²) in [6, 6.07) is 0. The van der Waals surface area contributed by atoms with Crippen LogP contribution in [0.15, 0.2) is 0 Å². The molecule has 0 rings (SSSR count). The van der Waals surface area contributed by atoms with Crippen LogP contribution in [0.25, 0.3) is 0 Å². The summed E-state index contributed by atoms with van der Waals surface area (Å²) in [4.78, 5) is 2.40. The Bertz CT molecular complexity index is 154. The Labute approximate surface area is 89.9 Å². The molecule has 0 aliphatic carbocycles. The molecule has 0 aromatic heterocycles. The van der Waals surface area contributed by atoms with Crippen molar-refractivity contribution in [2.75, 3.05) is 20.1 Å². The zero-order chi connectivity index (χ0) is 11.4. The van der Waals surface area contributed by atoms with E-state index in [2.05, 4.69) is 46.6 Å². The molecule has 0 spiro atoms. The van der Waals surface area contributed by atoms with E-state index in [1.807, 2.05) is 0 Å². The van der Waals surface area contributed by atoms with Crippen molar-refractivity contribution in [2.45, 2.75) is 53.0 Å². The smallest absolute Gasteiger partial charge is 0.0297 e. The van der Waals surface area contributed by atoms with Crippen LogP contribution in [0.4, 0.5) is 0 Å². The zero-order valence-electron chi connectivity index (χ0n) is 10.9. The molecule has 2 nitrogen and oxygen atoms in total. The van der Waals surface area contributed by atoms with Crippen LogP contribution in [0.1, 0.15) is 47.5 Å². The molecule has 0 aromatic rings. The first-order valence-electron chi connectivity index (χ1n) is 5.66. The first-order chi connectivity index (χ1) is 6.25. The minimum Gasteiger partial charge on any atom is -0.329 e. The lowest BCUT2D eigenvalue weighted by molar-refractivity contribution is 0.122. The summed E-state index contributed by atoms with van der Waals surface area (Å²) in [7, 11) is 2.18. The van der Waals surface area contributed by atoms with Gasteiger partial charge in [0.05, 0.1) is 0 Å². The molecule has 0 radical (unpaired) electrons. The van der Waals surface area contributed by atoms with Crippen LogP contribution in [0.2, 0.25) is 0 Å². The summed E-state index contributed by atoms with van der Waals surface area (Å²) in [6.07, 6.45) is 2.34. The third-order valence-electron chi connectivity index (χ3n) is 3.32. The molecule has 0 amide bonds. The van der Waals surface area contributed by atoms with Gasteiger partial charge in [0.1, 0.15) is 0 Å². The molecule has 0 bridgehead atoms. The Hall–Kier alpha value is -0.0800. The predicted octanol–water partition coefficient (Wildman–Crippen LogP) is 2.48. The molecule has 1 atom stereocenters. The molecule has 0 aliphatic heterocycles. The topological polar surface area (TPSA) is 29.3 Å². The van der Waals surface area contributed by atoms with E-state index in [0.29, 0.717) is 5.41 Å². The van der Waals surface area contributed by atoms with E-state index in [0.717, 1.165) is 19.5 Å². The molecule has 2 heteroatoms. The summed E-state index contributed by atoms with van der Waals surface area (Å²) < 4.78 is 0. The second-order valence-corrected chi connectivity index (χ2v) is 5.79. The minimum absolute atomic E-state index is 0.172. The largest absolute Gasteiger partial charge is 0.329 e. The summed E-state index contributed by atoms with van der Waals surface area (Å²) >= 11 is 0. The number of rotatable bonds is 5. The molecule has 86 valence electrons. The molecule has 0 fully saturated rings. The standard InChI is InChI=1S/C12H28N2/c1-7-12(5,10-13)14(6)9-8-11(2,3)4/h7-10,13H2,1-6H3. The second kappa shape index (κ2) is 5.13. The van der Waals surface area contributed by atoms with E-state index in [-0.39, 0.29) is 5.54 Å². The van der Waals surface area contributed by atoms with E-state index in [1.165, 1.54) is 6.42 Å². The maximum atomic E-state index is 5.82.